The minimum atomic E-state index is -3.67. The van der Waals surface area contributed by atoms with Crippen LogP contribution in [0.4, 0.5) is 4.79 Å². The van der Waals surface area contributed by atoms with E-state index in [1.165, 1.54) is 0 Å². The standard InChI is InChI=1S/C15H23N3O5S/c1-15(2,3)22-14(19)17-11-10-16-13(18-23-24(4,20)21)12-8-6-5-7-9-12/h5-9H,10-11H2,1-4H3,(H,16,18)(H,17,19). The second-order valence-corrected chi connectivity index (χ2v) is 7.49. The fourth-order valence-electron chi connectivity index (χ4n) is 1.53. The van der Waals surface area contributed by atoms with Gasteiger partial charge in [0.2, 0.25) is 0 Å². The molecule has 0 bridgehead atoms. The number of nitrogens with zero attached hydrogens (tertiary/aromatic N) is 1. The first kappa shape index (κ1) is 19.9. The van der Waals surface area contributed by atoms with Crippen LogP contribution in [0.1, 0.15) is 26.3 Å². The fraction of sp³-hybridized carbons (Fsp3) is 0.467. The number of hydrogen-bond acceptors (Lipinski definition) is 6. The molecule has 0 aliphatic carbocycles. The summed E-state index contributed by atoms with van der Waals surface area (Å²) in [5, 5.41) is 2.56. The molecule has 0 aromatic heterocycles. The summed E-state index contributed by atoms with van der Waals surface area (Å²) < 4.78 is 31.9. The van der Waals surface area contributed by atoms with Crippen molar-refractivity contribution in [2.75, 3.05) is 19.3 Å². The van der Waals surface area contributed by atoms with Crippen LogP contribution >= 0.6 is 0 Å². The summed E-state index contributed by atoms with van der Waals surface area (Å²) in [5.41, 5.74) is 2.40. The number of aliphatic imine (C=N–C) groups is 1. The molecule has 9 heteroatoms. The molecule has 1 rings (SSSR count). The Hall–Kier alpha value is -2.13. The van der Waals surface area contributed by atoms with Crippen molar-refractivity contribution in [3.63, 3.8) is 0 Å². The van der Waals surface area contributed by atoms with Crippen LogP contribution in [0, 0.1) is 0 Å². The van der Waals surface area contributed by atoms with Gasteiger partial charge in [-0.3, -0.25) is 4.99 Å². The number of benzene rings is 1. The summed E-state index contributed by atoms with van der Waals surface area (Å²) in [5.74, 6) is 0.243. The average molecular weight is 357 g/mol. The number of amidine groups is 1. The largest absolute Gasteiger partial charge is 0.444 e. The Balaban J connectivity index is 2.63. The van der Waals surface area contributed by atoms with Crippen LogP contribution in [0.25, 0.3) is 0 Å². The van der Waals surface area contributed by atoms with Crippen molar-refractivity contribution >= 4 is 22.0 Å². The number of rotatable bonds is 6. The van der Waals surface area contributed by atoms with Crippen LogP contribution < -0.4 is 10.8 Å². The smallest absolute Gasteiger partial charge is 0.407 e. The van der Waals surface area contributed by atoms with Crippen molar-refractivity contribution in [1.82, 2.24) is 10.8 Å². The van der Waals surface area contributed by atoms with Gasteiger partial charge in [0, 0.05) is 12.1 Å². The predicted molar refractivity (Wildman–Crippen MR) is 91.1 cm³/mol. The van der Waals surface area contributed by atoms with Gasteiger partial charge in [0.25, 0.3) is 10.1 Å². The van der Waals surface area contributed by atoms with Crippen LogP contribution in [-0.2, 0) is 19.1 Å². The number of carbonyl (C=O) groups is 1. The maximum Gasteiger partial charge on any atom is 0.407 e. The Labute approximate surface area is 142 Å². The maximum absolute atomic E-state index is 11.5. The number of hydrogen-bond donors (Lipinski definition) is 2. The molecule has 0 aliphatic heterocycles. The molecule has 134 valence electrons. The van der Waals surface area contributed by atoms with Crippen LogP contribution in [0.5, 0.6) is 0 Å². The molecule has 0 spiro atoms. The summed E-state index contributed by atoms with van der Waals surface area (Å²) >= 11 is 0. The molecule has 1 aromatic rings. The van der Waals surface area contributed by atoms with Crippen molar-refractivity contribution in [3.8, 4) is 0 Å². The van der Waals surface area contributed by atoms with Crippen LogP contribution in [0.2, 0.25) is 0 Å². The number of hydroxylamine groups is 1. The van der Waals surface area contributed by atoms with Gasteiger partial charge in [0.1, 0.15) is 5.60 Å². The average Bonchev–Trinajstić information content (AvgIpc) is 2.44. The lowest BCUT2D eigenvalue weighted by Gasteiger charge is -2.19. The van der Waals surface area contributed by atoms with Crippen LogP contribution in [0.15, 0.2) is 35.3 Å². The zero-order valence-electron chi connectivity index (χ0n) is 14.2. The van der Waals surface area contributed by atoms with E-state index in [1.807, 2.05) is 6.07 Å². The van der Waals surface area contributed by atoms with E-state index in [2.05, 4.69) is 20.1 Å². The van der Waals surface area contributed by atoms with Gasteiger partial charge < -0.3 is 10.1 Å². The highest BCUT2D eigenvalue weighted by molar-refractivity contribution is 7.85. The molecule has 0 saturated heterocycles. The molecule has 0 radical (unpaired) electrons. The molecule has 24 heavy (non-hydrogen) atoms. The van der Waals surface area contributed by atoms with E-state index >= 15 is 0 Å². The van der Waals surface area contributed by atoms with Gasteiger partial charge in [0.05, 0.1) is 12.8 Å². The molecule has 0 aliphatic rings. The lowest BCUT2D eigenvalue weighted by atomic mass is 10.2. The van der Waals surface area contributed by atoms with E-state index in [0.717, 1.165) is 6.26 Å². The van der Waals surface area contributed by atoms with Crippen molar-refractivity contribution in [1.29, 1.82) is 0 Å². The van der Waals surface area contributed by atoms with Crippen LogP contribution in [-0.4, -0.2) is 45.3 Å². The SMILES string of the molecule is CC(C)(C)OC(=O)NCCN=C(NOS(C)(=O)=O)c1ccccc1. The second kappa shape index (κ2) is 8.65. The van der Waals surface area contributed by atoms with E-state index in [4.69, 9.17) is 4.74 Å². The third-order valence-electron chi connectivity index (χ3n) is 2.39. The monoisotopic (exact) mass is 357 g/mol. The number of nitrogens with one attached hydrogen (secondary N) is 2. The van der Waals surface area contributed by atoms with Gasteiger partial charge in [0.15, 0.2) is 5.84 Å². The third kappa shape index (κ3) is 9.11. The fourth-order valence-corrected chi connectivity index (χ4v) is 1.76. The van der Waals surface area contributed by atoms with Crippen molar-refractivity contribution in [2.24, 2.45) is 4.99 Å². The van der Waals surface area contributed by atoms with E-state index in [1.54, 1.807) is 45.0 Å². The quantitative estimate of drug-likeness (QED) is 0.345. The lowest BCUT2D eigenvalue weighted by Crippen LogP contribution is -2.34. The van der Waals surface area contributed by atoms with E-state index in [9.17, 15) is 13.2 Å². The van der Waals surface area contributed by atoms with Crippen molar-refractivity contribution in [3.05, 3.63) is 35.9 Å². The summed E-state index contributed by atoms with van der Waals surface area (Å²) in [6.45, 7) is 5.75. The lowest BCUT2D eigenvalue weighted by molar-refractivity contribution is 0.0529. The number of alkyl carbamates (subject to hydrolysis) is 1. The molecule has 1 amide bonds. The number of ether oxygens (including phenoxy) is 1. The Bertz CT molecular complexity index is 666. The molecule has 0 atom stereocenters. The van der Waals surface area contributed by atoms with Crippen LogP contribution in [0.3, 0.4) is 0 Å². The van der Waals surface area contributed by atoms with Gasteiger partial charge in [-0.15, -0.1) is 4.28 Å². The molecule has 0 saturated carbocycles. The zero-order chi connectivity index (χ0) is 18.2. The third-order valence-corrected chi connectivity index (χ3v) is 2.77. The molecule has 0 unspecified atom stereocenters. The minimum absolute atomic E-state index is 0.212. The second-order valence-electron chi connectivity index (χ2n) is 5.91. The van der Waals surface area contributed by atoms with Gasteiger partial charge >= 0.3 is 6.09 Å². The minimum Gasteiger partial charge on any atom is -0.444 e. The zero-order valence-corrected chi connectivity index (χ0v) is 15.0. The number of carbonyl (C=O) groups excluding carboxylic acids is 1. The van der Waals surface area contributed by atoms with Gasteiger partial charge in [-0.25, -0.2) is 10.3 Å². The molecular formula is C15H23N3O5S. The van der Waals surface area contributed by atoms with Gasteiger partial charge in [-0.1, -0.05) is 30.3 Å². The Morgan fingerprint density at radius 1 is 1.21 bits per heavy atom. The normalized spacial score (nSPS) is 12.6. The topological polar surface area (TPSA) is 106 Å². The number of amides is 1. The van der Waals surface area contributed by atoms with E-state index in [-0.39, 0.29) is 18.9 Å². The highest BCUT2D eigenvalue weighted by Gasteiger charge is 2.15. The first-order valence-electron chi connectivity index (χ1n) is 7.28. The van der Waals surface area contributed by atoms with Gasteiger partial charge in [-0.2, -0.15) is 8.42 Å². The van der Waals surface area contributed by atoms with Crippen molar-refractivity contribution in [2.45, 2.75) is 26.4 Å². The Morgan fingerprint density at radius 2 is 1.83 bits per heavy atom. The Kier molecular flexibility index (Phi) is 7.18. The summed E-state index contributed by atoms with van der Waals surface area (Å²) in [6, 6.07) is 8.89. The molecule has 0 heterocycles. The summed E-state index contributed by atoms with van der Waals surface area (Å²) in [6.07, 6.45) is 0.381. The Morgan fingerprint density at radius 3 is 2.38 bits per heavy atom. The van der Waals surface area contributed by atoms with E-state index in [0.29, 0.717) is 5.56 Å². The molecular weight excluding hydrogens is 334 g/mol. The molecule has 0 fully saturated rings. The maximum atomic E-state index is 11.5. The first-order valence-corrected chi connectivity index (χ1v) is 9.10. The summed E-state index contributed by atoms with van der Waals surface area (Å²) in [7, 11) is -3.67. The van der Waals surface area contributed by atoms with Gasteiger partial charge in [-0.05, 0) is 20.8 Å². The molecule has 1 aromatic carbocycles. The molecule has 2 N–H and O–H groups in total. The van der Waals surface area contributed by atoms with Crippen molar-refractivity contribution < 1.29 is 22.2 Å². The predicted octanol–water partition coefficient (Wildman–Crippen LogP) is 1.44. The first-order chi connectivity index (χ1) is 11.1. The highest BCUT2D eigenvalue weighted by atomic mass is 32.2. The summed E-state index contributed by atoms with van der Waals surface area (Å²) in [4.78, 5) is 15.7. The van der Waals surface area contributed by atoms with E-state index < -0.39 is 21.8 Å². The molecule has 8 nitrogen and oxygen atoms in total. The highest BCUT2D eigenvalue weighted by Crippen LogP contribution is 2.06.